The molecule has 100 valence electrons. The Balaban J connectivity index is 2.53. The van der Waals surface area contributed by atoms with E-state index in [9.17, 15) is 4.79 Å². The zero-order chi connectivity index (χ0) is 12.7. The van der Waals surface area contributed by atoms with Gasteiger partial charge in [0, 0.05) is 11.8 Å². The van der Waals surface area contributed by atoms with Crippen LogP contribution < -0.4 is 10.6 Å². The van der Waals surface area contributed by atoms with E-state index in [1.54, 1.807) is 11.8 Å². The molecule has 0 aromatic carbocycles. The zero-order valence-electron chi connectivity index (χ0n) is 11.3. The smallest absolute Gasteiger partial charge is 0.226 e. The van der Waals surface area contributed by atoms with Crippen molar-refractivity contribution >= 4 is 17.7 Å². The number of thioether (sulfide) groups is 1. The highest BCUT2D eigenvalue weighted by Crippen LogP contribution is 2.34. The fourth-order valence-corrected chi connectivity index (χ4v) is 2.73. The quantitative estimate of drug-likeness (QED) is 0.766. The van der Waals surface area contributed by atoms with Crippen molar-refractivity contribution in [1.82, 2.24) is 10.6 Å². The van der Waals surface area contributed by atoms with Gasteiger partial charge in [-0.05, 0) is 38.6 Å². The molecule has 1 heterocycles. The molecule has 0 spiro atoms. The molecule has 0 bridgehead atoms. The molecule has 1 fully saturated rings. The number of rotatable bonds is 6. The lowest BCUT2D eigenvalue weighted by Gasteiger charge is -2.36. The molecule has 1 atom stereocenters. The van der Waals surface area contributed by atoms with Gasteiger partial charge in [-0.1, -0.05) is 20.3 Å². The van der Waals surface area contributed by atoms with Crippen LogP contribution in [0.5, 0.6) is 0 Å². The average Bonchev–Trinajstić information content (AvgIpc) is 2.36. The third kappa shape index (κ3) is 4.18. The van der Waals surface area contributed by atoms with Gasteiger partial charge in [-0.15, -0.1) is 0 Å². The van der Waals surface area contributed by atoms with Crippen molar-refractivity contribution in [3.05, 3.63) is 0 Å². The fourth-order valence-electron chi connectivity index (χ4n) is 2.48. The summed E-state index contributed by atoms with van der Waals surface area (Å²) in [4.78, 5) is 12.4. The minimum absolute atomic E-state index is 0.0991. The Labute approximate surface area is 109 Å². The van der Waals surface area contributed by atoms with E-state index in [1.165, 1.54) is 0 Å². The highest BCUT2D eigenvalue weighted by Gasteiger charge is 2.38. The van der Waals surface area contributed by atoms with Crippen LogP contribution in [0.25, 0.3) is 0 Å². The van der Waals surface area contributed by atoms with Gasteiger partial charge in [-0.2, -0.15) is 11.8 Å². The summed E-state index contributed by atoms with van der Waals surface area (Å²) < 4.78 is 0. The van der Waals surface area contributed by atoms with Gasteiger partial charge >= 0.3 is 0 Å². The molecule has 1 aliphatic rings. The topological polar surface area (TPSA) is 41.1 Å². The number of carbonyl (C=O) groups excluding carboxylic acids is 1. The highest BCUT2D eigenvalue weighted by atomic mass is 32.2. The first-order chi connectivity index (χ1) is 8.14. The number of amides is 1. The Morgan fingerprint density at radius 3 is 2.65 bits per heavy atom. The van der Waals surface area contributed by atoms with E-state index < -0.39 is 0 Å². The maximum atomic E-state index is 12.4. The molecule has 0 aromatic heterocycles. The highest BCUT2D eigenvalue weighted by molar-refractivity contribution is 7.99. The van der Waals surface area contributed by atoms with Crippen molar-refractivity contribution in [2.24, 2.45) is 5.41 Å². The van der Waals surface area contributed by atoms with E-state index >= 15 is 0 Å². The van der Waals surface area contributed by atoms with Crippen LogP contribution in [0.4, 0.5) is 0 Å². The first-order valence-corrected chi connectivity index (χ1v) is 7.95. The predicted molar refractivity (Wildman–Crippen MR) is 75.4 cm³/mol. The second-order valence-electron chi connectivity index (χ2n) is 5.04. The maximum absolute atomic E-state index is 12.4. The lowest BCUT2D eigenvalue weighted by molar-refractivity contribution is -0.133. The van der Waals surface area contributed by atoms with Crippen LogP contribution in [0.15, 0.2) is 0 Å². The second kappa shape index (κ2) is 7.27. The summed E-state index contributed by atoms with van der Waals surface area (Å²) in [5.41, 5.74) is -0.0991. The van der Waals surface area contributed by atoms with E-state index in [0.29, 0.717) is 5.25 Å². The largest absolute Gasteiger partial charge is 0.355 e. The van der Waals surface area contributed by atoms with E-state index in [0.717, 1.165) is 45.3 Å². The van der Waals surface area contributed by atoms with Crippen LogP contribution in [0.3, 0.4) is 0 Å². The van der Waals surface area contributed by atoms with Gasteiger partial charge in [-0.3, -0.25) is 4.79 Å². The molecule has 0 saturated carbocycles. The summed E-state index contributed by atoms with van der Waals surface area (Å²) in [5.74, 6) is 0.279. The molecule has 1 unspecified atom stereocenters. The van der Waals surface area contributed by atoms with Crippen molar-refractivity contribution in [1.29, 1.82) is 0 Å². The first kappa shape index (κ1) is 14.8. The van der Waals surface area contributed by atoms with Gasteiger partial charge in [0.2, 0.25) is 5.91 Å². The first-order valence-electron chi connectivity index (χ1n) is 6.66. The fraction of sp³-hybridized carbons (Fsp3) is 0.923. The summed E-state index contributed by atoms with van der Waals surface area (Å²) in [6.45, 7) is 7.07. The van der Waals surface area contributed by atoms with Crippen LogP contribution in [0.2, 0.25) is 0 Å². The molecule has 0 aliphatic carbocycles. The molecule has 3 nitrogen and oxygen atoms in total. The Morgan fingerprint density at radius 2 is 2.12 bits per heavy atom. The maximum Gasteiger partial charge on any atom is 0.226 e. The van der Waals surface area contributed by atoms with E-state index in [4.69, 9.17) is 0 Å². The molecule has 2 N–H and O–H groups in total. The van der Waals surface area contributed by atoms with Crippen molar-refractivity contribution in [3.63, 3.8) is 0 Å². The number of carbonyl (C=O) groups is 1. The second-order valence-corrected chi connectivity index (χ2v) is 6.31. The Kier molecular flexibility index (Phi) is 6.34. The van der Waals surface area contributed by atoms with Crippen LogP contribution >= 0.6 is 11.8 Å². The van der Waals surface area contributed by atoms with Crippen molar-refractivity contribution in [2.45, 2.75) is 44.8 Å². The van der Waals surface area contributed by atoms with E-state index in [2.05, 4.69) is 30.7 Å². The Bertz CT molecular complexity index is 234. The van der Waals surface area contributed by atoms with Crippen molar-refractivity contribution in [2.75, 3.05) is 25.9 Å². The number of hydrogen-bond donors (Lipinski definition) is 2. The summed E-state index contributed by atoms with van der Waals surface area (Å²) in [6.07, 6.45) is 6.17. The van der Waals surface area contributed by atoms with E-state index in [-0.39, 0.29) is 11.3 Å². The monoisotopic (exact) mass is 258 g/mol. The summed E-state index contributed by atoms with van der Waals surface area (Å²) in [7, 11) is 0. The van der Waals surface area contributed by atoms with Crippen LogP contribution in [0.1, 0.15) is 39.5 Å². The van der Waals surface area contributed by atoms with Crippen LogP contribution in [0, 0.1) is 5.41 Å². The molecule has 0 aromatic rings. The van der Waals surface area contributed by atoms with Gasteiger partial charge in [0.25, 0.3) is 0 Å². The summed E-state index contributed by atoms with van der Waals surface area (Å²) in [6, 6.07) is 0. The third-order valence-corrected chi connectivity index (χ3v) is 4.69. The van der Waals surface area contributed by atoms with Crippen LogP contribution in [-0.2, 0) is 4.79 Å². The van der Waals surface area contributed by atoms with Gasteiger partial charge in [0.15, 0.2) is 0 Å². The van der Waals surface area contributed by atoms with E-state index in [1.807, 2.05) is 0 Å². The molecule has 1 amide bonds. The molecular formula is C13H26N2OS. The average molecular weight is 258 g/mol. The lowest BCUT2D eigenvalue weighted by Crippen LogP contribution is -2.48. The lowest BCUT2D eigenvalue weighted by atomic mass is 9.74. The molecule has 4 heteroatoms. The Morgan fingerprint density at radius 1 is 1.47 bits per heavy atom. The third-order valence-electron chi connectivity index (χ3n) is 3.72. The SMILES string of the molecule is CCCC1(C(=O)NCC(C)SC)CCNCC1. The molecule has 1 rings (SSSR count). The summed E-state index contributed by atoms with van der Waals surface area (Å²) >= 11 is 1.80. The standard InChI is InChI=1S/C13H26N2OS/c1-4-5-13(6-8-14-9-7-13)12(16)15-10-11(2)17-3/h11,14H,4-10H2,1-3H3,(H,15,16). The molecule has 1 aliphatic heterocycles. The summed E-state index contributed by atoms with van der Waals surface area (Å²) in [5, 5.41) is 6.99. The number of hydrogen-bond acceptors (Lipinski definition) is 3. The molecule has 17 heavy (non-hydrogen) atoms. The molecule has 1 saturated heterocycles. The predicted octanol–water partition coefficient (Wildman–Crippen LogP) is 2.02. The van der Waals surface area contributed by atoms with Gasteiger partial charge in [0.05, 0.1) is 5.41 Å². The zero-order valence-corrected chi connectivity index (χ0v) is 12.2. The minimum atomic E-state index is -0.0991. The molecule has 0 radical (unpaired) electrons. The van der Waals surface area contributed by atoms with Crippen LogP contribution in [-0.4, -0.2) is 37.0 Å². The van der Waals surface area contributed by atoms with Gasteiger partial charge < -0.3 is 10.6 Å². The van der Waals surface area contributed by atoms with Gasteiger partial charge in [-0.25, -0.2) is 0 Å². The Hall–Kier alpha value is -0.220. The number of piperidine rings is 1. The number of nitrogens with one attached hydrogen (secondary N) is 2. The van der Waals surface area contributed by atoms with Crippen molar-refractivity contribution in [3.8, 4) is 0 Å². The van der Waals surface area contributed by atoms with Crippen molar-refractivity contribution < 1.29 is 4.79 Å². The molecular weight excluding hydrogens is 232 g/mol. The van der Waals surface area contributed by atoms with Gasteiger partial charge in [0.1, 0.15) is 0 Å². The normalized spacial score (nSPS) is 20.9. The minimum Gasteiger partial charge on any atom is -0.355 e.